The normalized spacial score (nSPS) is 12.6. The van der Waals surface area contributed by atoms with E-state index in [9.17, 15) is 0 Å². The summed E-state index contributed by atoms with van der Waals surface area (Å²) in [4.78, 5) is 0. The van der Waals surface area contributed by atoms with Crippen LogP contribution in [0.4, 0.5) is 5.69 Å². The molecule has 2 heteroatoms. The lowest BCUT2D eigenvalue weighted by Gasteiger charge is -2.15. The maximum Gasteiger partial charge on any atom is 0.0736 e. The van der Waals surface area contributed by atoms with Crippen molar-refractivity contribution in [3.05, 3.63) is 29.8 Å². The van der Waals surface area contributed by atoms with E-state index in [0.29, 0.717) is 6.17 Å². The number of hydrogen-bond acceptors (Lipinski definition) is 2. The van der Waals surface area contributed by atoms with Gasteiger partial charge in [-0.25, -0.2) is 0 Å². The first-order chi connectivity index (χ1) is 5.74. The fraction of sp³-hybridized carbons (Fsp3) is 0.400. The summed E-state index contributed by atoms with van der Waals surface area (Å²) >= 11 is 0. The van der Waals surface area contributed by atoms with Crippen LogP contribution in [0.15, 0.2) is 24.3 Å². The van der Waals surface area contributed by atoms with Crippen molar-refractivity contribution in [3.63, 3.8) is 0 Å². The summed E-state index contributed by atoms with van der Waals surface area (Å²) in [5.74, 6) is 0. The number of nitrogens with one attached hydrogen (secondary N) is 2. The van der Waals surface area contributed by atoms with Gasteiger partial charge < -0.3 is 10.6 Å². The van der Waals surface area contributed by atoms with Gasteiger partial charge in [0.2, 0.25) is 0 Å². The van der Waals surface area contributed by atoms with E-state index >= 15 is 0 Å². The van der Waals surface area contributed by atoms with E-state index in [1.54, 1.807) is 0 Å². The Kier molecular flexibility index (Phi) is 3.11. The zero-order valence-electron chi connectivity index (χ0n) is 7.89. The van der Waals surface area contributed by atoms with E-state index < -0.39 is 0 Å². The van der Waals surface area contributed by atoms with E-state index in [4.69, 9.17) is 0 Å². The predicted octanol–water partition coefficient (Wildman–Crippen LogP) is 1.97. The molecule has 1 aromatic rings. The highest BCUT2D eigenvalue weighted by atomic mass is 15.1. The van der Waals surface area contributed by atoms with Crippen molar-refractivity contribution in [2.75, 3.05) is 12.4 Å². The van der Waals surface area contributed by atoms with E-state index in [1.165, 1.54) is 11.3 Å². The van der Waals surface area contributed by atoms with Crippen LogP contribution in [0.3, 0.4) is 0 Å². The van der Waals surface area contributed by atoms with Gasteiger partial charge in [-0.1, -0.05) is 18.2 Å². The van der Waals surface area contributed by atoms with Gasteiger partial charge in [0.1, 0.15) is 0 Å². The molecular formula is C10H16N2. The Morgan fingerprint density at radius 1 is 1.25 bits per heavy atom. The standard InChI is InChI=1S/C10H16N2/c1-8-6-4-5-7-10(8)12-9(2)11-3/h4-7,9,11-12H,1-3H3/t9-/m1/s1. The second-order valence-electron chi connectivity index (χ2n) is 2.97. The minimum absolute atomic E-state index is 0.311. The van der Waals surface area contributed by atoms with Crippen LogP contribution < -0.4 is 10.6 Å². The van der Waals surface area contributed by atoms with E-state index in [0.717, 1.165) is 0 Å². The maximum absolute atomic E-state index is 3.35. The molecule has 12 heavy (non-hydrogen) atoms. The van der Waals surface area contributed by atoms with Crippen LogP contribution in [0.2, 0.25) is 0 Å². The Morgan fingerprint density at radius 3 is 2.50 bits per heavy atom. The summed E-state index contributed by atoms with van der Waals surface area (Å²) in [7, 11) is 1.94. The fourth-order valence-corrected chi connectivity index (χ4v) is 1.04. The Bertz CT molecular complexity index is 245. The molecule has 0 aliphatic heterocycles. The Labute approximate surface area is 74.0 Å². The Morgan fingerprint density at radius 2 is 1.92 bits per heavy atom. The number of rotatable bonds is 3. The average Bonchev–Trinajstić information content (AvgIpc) is 2.09. The van der Waals surface area contributed by atoms with Gasteiger partial charge in [0.25, 0.3) is 0 Å². The highest BCUT2D eigenvalue weighted by Crippen LogP contribution is 2.13. The van der Waals surface area contributed by atoms with Crippen molar-refractivity contribution in [3.8, 4) is 0 Å². The lowest BCUT2D eigenvalue weighted by atomic mass is 10.2. The molecule has 0 spiro atoms. The Balaban J connectivity index is 2.69. The van der Waals surface area contributed by atoms with Gasteiger partial charge in [-0.2, -0.15) is 0 Å². The summed E-state index contributed by atoms with van der Waals surface area (Å²) in [6.45, 7) is 4.19. The monoisotopic (exact) mass is 164 g/mol. The van der Waals surface area contributed by atoms with Crippen molar-refractivity contribution in [1.82, 2.24) is 5.32 Å². The van der Waals surface area contributed by atoms with E-state index in [-0.39, 0.29) is 0 Å². The number of para-hydroxylation sites is 1. The second kappa shape index (κ2) is 4.12. The van der Waals surface area contributed by atoms with Crippen molar-refractivity contribution < 1.29 is 0 Å². The largest absolute Gasteiger partial charge is 0.370 e. The highest BCUT2D eigenvalue weighted by molar-refractivity contribution is 5.50. The summed E-state index contributed by atoms with van der Waals surface area (Å²) in [5, 5.41) is 6.48. The van der Waals surface area contributed by atoms with Crippen LogP contribution in [0.25, 0.3) is 0 Å². The molecule has 1 atom stereocenters. The van der Waals surface area contributed by atoms with Crippen LogP contribution in [0, 0.1) is 6.92 Å². The Hall–Kier alpha value is -1.02. The van der Waals surface area contributed by atoms with Crippen LogP contribution in [0.5, 0.6) is 0 Å². The van der Waals surface area contributed by atoms with Gasteiger partial charge in [-0.15, -0.1) is 0 Å². The van der Waals surface area contributed by atoms with Crippen LogP contribution in [-0.2, 0) is 0 Å². The zero-order valence-corrected chi connectivity index (χ0v) is 7.89. The van der Waals surface area contributed by atoms with Crippen LogP contribution >= 0.6 is 0 Å². The minimum atomic E-state index is 0.311. The molecule has 0 saturated carbocycles. The van der Waals surface area contributed by atoms with Gasteiger partial charge in [-0.05, 0) is 32.5 Å². The van der Waals surface area contributed by atoms with Crippen molar-refractivity contribution in [1.29, 1.82) is 0 Å². The van der Waals surface area contributed by atoms with E-state index in [2.05, 4.69) is 36.6 Å². The number of anilines is 1. The molecule has 0 aliphatic rings. The molecule has 1 rings (SSSR count). The van der Waals surface area contributed by atoms with Gasteiger partial charge >= 0.3 is 0 Å². The SMILES string of the molecule is CN[C@@H](C)Nc1ccccc1C. The highest BCUT2D eigenvalue weighted by Gasteiger charge is 1.98. The lowest BCUT2D eigenvalue weighted by Crippen LogP contribution is -2.29. The van der Waals surface area contributed by atoms with Crippen LogP contribution in [-0.4, -0.2) is 13.2 Å². The number of aryl methyl sites for hydroxylation is 1. The number of hydrogen-bond donors (Lipinski definition) is 2. The molecule has 2 nitrogen and oxygen atoms in total. The molecular weight excluding hydrogens is 148 g/mol. The molecule has 0 saturated heterocycles. The average molecular weight is 164 g/mol. The van der Waals surface area contributed by atoms with Gasteiger partial charge in [-0.3, -0.25) is 0 Å². The quantitative estimate of drug-likeness (QED) is 0.667. The molecule has 0 heterocycles. The molecule has 0 unspecified atom stereocenters. The van der Waals surface area contributed by atoms with Crippen molar-refractivity contribution in [2.24, 2.45) is 0 Å². The molecule has 0 radical (unpaired) electrons. The second-order valence-corrected chi connectivity index (χ2v) is 2.97. The third-order valence-electron chi connectivity index (χ3n) is 1.95. The molecule has 2 N–H and O–H groups in total. The third kappa shape index (κ3) is 2.24. The molecule has 0 bridgehead atoms. The van der Waals surface area contributed by atoms with Gasteiger partial charge in [0.05, 0.1) is 6.17 Å². The third-order valence-corrected chi connectivity index (χ3v) is 1.95. The molecule has 0 aliphatic carbocycles. The summed E-state index contributed by atoms with van der Waals surface area (Å²) < 4.78 is 0. The maximum atomic E-state index is 3.35. The first-order valence-corrected chi connectivity index (χ1v) is 4.23. The zero-order chi connectivity index (χ0) is 8.97. The van der Waals surface area contributed by atoms with Gasteiger partial charge in [0, 0.05) is 5.69 Å². The summed E-state index contributed by atoms with van der Waals surface area (Å²) in [6.07, 6.45) is 0.311. The van der Waals surface area contributed by atoms with Gasteiger partial charge in [0.15, 0.2) is 0 Å². The lowest BCUT2D eigenvalue weighted by molar-refractivity contribution is 0.682. The minimum Gasteiger partial charge on any atom is -0.370 e. The predicted molar refractivity (Wildman–Crippen MR) is 53.3 cm³/mol. The molecule has 0 fully saturated rings. The van der Waals surface area contributed by atoms with Crippen molar-refractivity contribution >= 4 is 5.69 Å². The summed E-state index contributed by atoms with van der Waals surface area (Å²) in [5.41, 5.74) is 2.47. The first-order valence-electron chi connectivity index (χ1n) is 4.23. The van der Waals surface area contributed by atoms with E-state index in [1.807, 2.05) is 19.2 Å². The smallest absolute Gasteiger partial charge is 0.0736 e. The molecule has 0 aromatic heterocycles. The van der Waals surface area contributed by atoms with Crippen LogP contribution in [0.1, 0.15) is 12.5 Å². The summed E-state index contributed by atoms with van der Waals surface area (Å²) in [6, 6.07) is 8.27. The molecule has 1 aromatic carbocycles. The first kappa shape index (κ1) is 9.07. The van der Waals surface area contributed by atoms with Crippen molar-refractivity contribution in [2.45, 2.75) is 20.0 Å². The topological polar surface area (TPSA) is 24.1 Å². The fourth-order valence-electron chi connectivity index (χ4n) is 1.04. The molecule has 0 amide bonds. The number of benzene rings is 1. The molecule has 66 valence electrons.